The molecule has 0 unspecified atom stereocenters. The molecule has 0 bridgehead atoms. The van der Waals surface area contributed by atoms with Gasteiger partial charge in [0, 0.05) is 16.6 Å². The Balaban J connectivity index is 2.36. The molecule has 1 fully saturated rings. The molecule has 1 saturated heterocycles. The first-order chi connectivity index (χ1) is 7.20. The van der Waals surface area contributed by atoms with Crippen LogP contribution in [0.25, 0.3) is 0 Å². The van der Waals surface area contributed by atoms with Crippen LogP contribution in [0.3, 0.4) is 0 Å². The molecular weight excluding hydrogens is 265 g/mol. The lowest BCUT2D eigenvalue weighted by Gasteiger charge is -2.25. The van der Waals surface area contributed by atoms with Gasteiger partial charge in [-0.2, -0.15) is 0 Å². The minimum absolute atomic E-state index is 0.163. The molecule has 1 aliphatic rings. The molecule has 3 nitrogen and oxygen atoms in total. The molecule has 5 heteroatoms. The Morgan fingerprint density at radius 3 is 3.00 bits per heavy atom. The first-order valence-electron chi connectivity index (χ1n) is 4.68. The van der Waals surface area contributed by atoms with E-state index in [9.17, 15) is 9.50 Å². The number of aromatic hydroxyl groups is 1. The zero-order valence-corrected chi connectivity index (χ0v) is 9.55. The molecule has 0 saturated carbocycles. The Morgan fingerprint density at radius 2 is 2.33 bits per heavy atom. The highest BCUT2D eigenvalue weighted by Crippen LogP contribution is 2.34. The summed E-state index contributed by atoms with van der Waals surface area (Å²) in [4.78, 5) is 0. The highest BCUT2D eigenvalue weighted by molar-refractivity contribution is 9.10. The average molecular weight is 276 g/mol. The highest BCUT2D eigenvalue weighted by Gasteiger charge is 2.22. The van der Waals surface area contributed by atoms with E-state index in [-0.39, 0.29) is 11.8 Å². The third-order valence-electron chi connectivity index (χ3n) is 2.38. The van der Waals surface area contributed by atoms with E-state index in [0.717, 1.165) is 0 Å². The van der Waals surface area contributed by atoms with Crippen molar-refractivity contribution in [3.63, 3.8) is 0 Å². The van der Waals surface area contributed by atoms with Gasteiger partial charge in [-0.3, -0.25) is 0 Å². The summed E-state index contributed by atoms with van der Waals surface area (Å²) in [6.45, 7) is 1.78. The minimum atomic E-state index is -0.611. The van der Waals surface area contributed by atoms with Crippen molar-refractivity contribution in [2.45, 2.75) is 6.04 Å². The molecule has 0 radical (unpaired) electrons. The van der Waals surface area contributed by atoms with Gasteiger partial charge in [0.25, 0.3) is 0 Å². The molecule has 2 rings (SSSR count). The van der Waals surface area contributed by atoms with Crippen LogP contribution in [-0.2, 0) is 4.74 Å². The zero-order valence-electron chi connectivity index (χ0n) is 7.96. The Kier molecular flexibility index (Phi) is 3.23. The van der Waals surface area contributed by atoms with E-state index in [4.69, 9.17) is 4.74 Å². The fourth-order valence-electron chi connectivity index (χ4n) is 1.64. The number of ether oxygens (including phenoxy) is 1. The lowest BCUT2D eigenvalue weighted by Crippen LogP contribution is -2.34. The Bertz CT molecular complexity index is 367. The van der Waals surface area contributed by atoms with Crippen molar-refractivity contribution in [2.75, 3.05) is 19.8 Å². The van der Waals surface area contributed by atoms with Crippen molar-refractivity contribution < 1.29 is 14.2 Å². The van der Waals surface area contributed by atoms with Gasteiger partial charge in [-0.1, -0.05) is 15.9 Å². The molecule has 82 valence electrons. The molecule has 15 heavy (non-hydrogen) atoms. The van der Waals surface area contributed by atoms with Crippen molar-refractivity contribution in [1.29, 1.82) is 0 Å². The van der Waals surface area contributed by atoms with Gasteiger partial charge in [0.2, 0.25) is 0 Å². The van der Waals surface area contributed by atoms with Gasteiger partial charge in [-0.25, -0.2) is 4.39 Å². The van der Waals surface area contributed by atoms with Crippen LogP contribution >= 0.6 is 15.9 Å². The average Bonchev–Trinajstić information content (AvgIpc) is 2.26. The Labute approximate surface area is 95.4 Å². The maximum absolute atomic E-state index is 13.2. The Hall–Kier alpha value is -0.650. The van der Waals surface area contributed by atoms with E-state index in [1.807, 2.05) is 0 Å². The fraction of sp³-hybridized carbons (Fsp3) is 0.400. The molecular formula is C10H11BrFNO2. The molecule has 1 aromatic carbocycles. The molecule has 0 aliphatic carbocycles. The van der Waals surface area contributed by atoms with Gasteiger partial charge in [-0.05, 0) is 12.1 Å². The van der Waals surface area contributed by atoms with E-state index < -0.39 is 5.82 Å². The van der Waals surface area contributed by atoms with Crippen LogP contribution in [0.4, 0.5) is 4.39 Å². The van der Waals surface area contributed by atoms with Crippen LogP contribution in [0, 0.1) is 5.82 Å². The second-order valence-corrected chi connectivity index (χ2v) is 4.23. The van der Waals surface area contributed by atoms with Crippen LogP contribution in [0.2, 0.25) is 0 Å². The van der Waals surface area contributed by atoms with Crippen molar-refractivity contribution in [2.24, 2.45) is 0 Å². The zero-order chi connectivity index (χ0) is 10.8. The molecule has 1 aliphatic heterocycles. The van der Waals surface area contributed by atoms with E-state index in [0.29, 0.717) is 29.8 Å². The lowest BCUT2D eigenvalue weighted by atomic mass is 10.1. The number of morpholine rings is 1. The number of rotatable bonds is 1. The number of nitrogens with one attached hydrogen (secondary N) is 1. The summed E-state index contributed by atoms with van der Waals surface area (Å²) < 4.78 is 19.1. The fourth-order valence-corrected chi connectivity index (χ4v) is 2.24. The minimum Gasteiger partial charge on any atom is -0.505 e. The van der Waals surface area contributed by atoms with Crippen molar-refractivity contribution in [1.82, 2.24) is 5.32 Å². The van der Waals surface area contributed by atoms with Crippen LogP contribution in [0.15, 0.2) is 16.6 Å². The van der Waals surface area contributed by atoms with Crippen molar-refractivity contribution >= 4 is 15.9 Å². The first-order valence-corrected chi connectivity index (χ1v) is 5.47. The summed E-state index contributed by atoms with van der Waals surface area (Å²) in [6, 6.07) is 2.65. The second kappa shape index (κ2) is 4.47. The molecule has 2 N–H and O–H groups in total. The van der Waals surface area contributed by atoms with Gasteiger partial charge in [0.05, 0.1) is 19.3 Å². The quantitative estimate of drug-likeness (QED) is 0.823. The van der Waals surface area contributed by atoms with Gasteiger partial charge >= 0.3 is 0 Å². The second-order valence-electron chi connectivity index (χ2n) is 3.37. The summed E-state index contributed by atoms with van der Waals surface area (Å²) in [5.74, 6) is -0.923. The summed E-state index contributed by atoms with van der Waals surface area (Å²) in [5, 5.41) is 12.8. The molecule has 1 atom stereocenters. The van der Waals surface area contributed by atoms with Crippen molar-refractivity contribution in [3.8, 4) is 5.75 Å². The maximum Gasteiger partial charge on any atom is 0.165 e. The highest BCUT2D eigenvalue weighted by atomic mass is 79.9. The van der Waals surface area contributed by atoms with E-state index in [2.05, 4.69) is 21.2 Å². The molecule has 1 aromatic rings. The SMILES string of the molecule is Oc1c(F)ccc(Br)c1[C@@H]1COCCN1. The summed E-state index contributed by atoms with van der Waals surface area (Å²) in [7, 11) is 0. The third kappa shape index (κ3) is 2.14. The van der Waals surface area contributed by atoms with E-state index in [1.165, 1.54) is 6.07 Å². The normalized spacial score (nSPS) is 21.6. The smallest absolute Gasteiger partial charge is 0.165 e. The lowest BCUT2D eigenvalue weighted by molar-refractivity contribution is 0.0757. The molecule has 1 heterocycles. The number of benzene rings is 1. The number of hydrogen-bond donors (Lipinski definition) is 2. The van der Waals surface area contributed by atoms with Crippen LogP contribution in [0.1, 0.15) is 11.6 Å². The molecule has 0 amide bonds. The largest absolute Gasteiger partial charge is 0.505 e. The third-order valence-corrected chi connectivity index (χ3v) is 3.08. The van der Waals surface area contributed by atoms with Crippen LogP contribution < -0.4 is 5.32 Å². The van der Waals surface area contributed by atoms with Gasteiger partial charge < -0.3 is 15.2 Å². The predicted molar refractivity (Wildman–Crippen MR) is 57.3 cm³/mol. The van der Waals surface area contributed by atoms with Gasteiger partial charge in [0.1, 0.15) is 0 Å². The first kappa shape index (κ1) is 10.9. The number of phenolic OH excluding ortho intramolecular Hbond substituents is 1. The van der Waals surface area contributed by atoms with Crippen molar-refractivity contribution in [3.05, 3.63) is 28.0 Å². The summed E-state index contributed by atoms with van der Waals surface area (Å²) >= 11 is 3.29. The topological polar surface area (TPSA) is 41.5 Å². The van der Waals surface area contributed by atoms with E-state index >= 15 is 0 Å². The molecule has 0 spiro atoms. The maximum atomic E-state index is 13.2. The van der Waals surface area contributed by atoms with E-state index in [1.54, 1.807) is 6.07 Å². The summed E-state index contributed by atoms with van der Waals surface area (Å²) in [6.07, 6.45) is 0. The van der Waals surface area contributed by atoms with Crippen LogP contribution in [0.5, 0.6) is 5.75 Å². The Morgan fingerprint density at radius 1 is 1.53 bits per heavy atom. The number of phenols is 1. The van der Waals surface area contributed by atoms with Crippen LogP contribution in [-0.4, -0.2) is 24.9 Å². The predicted octanol–water partition coefficient (Wildman–Crippen LogP) is 1.95. The number of halogens is 2. The molecule has 0 aromatic heterocycles. The number of hydrogen-bond acceptors (Lipinski definition) is 3. The van der Waals surface area contributed by atoms with Gasteiger partial charge in [-0.15, -0.1) is 0 Å². The monoisotopic (exact) mass is 275 g/mol. The van der Waals surface area contributed by atoms with Gasteiger partial charge in [0.15, 0.2) is 11.6 Å². The summed E-state index contributed by atoms with van der Waals surface area (Å²) in [5.41, 5.74) is 0.523. The standard InChI is InChI=1S/C10H11BrFNO2/c11-6-1-2-7(12)10(14)9(6)8-5-15-4-3-13-8/h1-2,8,13-14H,3-5H2/t8-/m0/s1.